The average Bonchev–Trinajstić information content (AvgIpc) is 2.44. The summed E-state index contributed by atoms with van der Waals surface area (Å²) in [5, 5.41) is 0. The number of hydrogen-bond donors (Lipinski definition) is 0. The minimum Gasteiger partial charge on any atom is -0.406 e. The van der Waals surface area contributed by atoms with E-state index in [1.165, 1.54) is 10.1 Å². The largest absolute Gasteiger partial charge is 0.419 e. The van der Waals surface area contributed by atoms with Gasteiger partial charge >= 0.3 is 5.76 Å². The fourth-order valence-corrected chi connectivity index (χ4v) is 2.15. The molecule has 0 amide bonds. The first-order valence-electron chi connectivity index (χ1n) is 5.10. The van der Waals surface area contributed by atoms with E-state index in [9.17, 15) is 4.79 Å². The minimum absolute atomic E-state index is 0.0457. The molecule has 0 radical (unpaired) electrons. The van der Waals surface area contributed by atoms with Crippen molar-refractivity contribution in [2.45, 2.75) is 26.2 Å². The van der Waals surface area contributed by atoms with Crippen LogP contribution in [0.5, 0.6) is 0 Å². The summed E-state index contributed by atoms with van der Waals surface area (Å²) in [4.78, 5) is 11.4. The van der Waals surface area contributed by atoms with Crippen molar-refractivity contribution in [1.82, 2.24) is 4.57 Å². The lowest BCUT2D eigenvalue weighted by Crippen LogP contribution is -2.12. The van der Waals surface area contributed by atoms with Crippen LogP contribution in [0.2, 0.25) is 0 Å². The van der Waals surface area contributed by atoms with Crippen molar-refractivity contribution in [1.29, 1.82) is 0 Å². The van der Waals surface area contributed by atoms with E-state index in [0.29, 0.717) is 5.58 Å². The Labute approximate surface area is 102 Å². The number of fused-ring (bicyclic) bond motifs is 1. The predicted octanol–water partition coefficient (Wildman–Crippen LogP) is 3.19. The van der Waals surface area contributed by atoms with Crippen LogP contribution < -0.4 is 5.76 Å². The van der Waals surface area contributed by atoms with Crippen molar-refractivity contribution in [3.8, 4) is 0 Å². The maximum Gasteiger partial charge on any atom is 0.419 e. The zero-order valence-electron chi connectivity index (χ0n) is 9.80. The predicted molar refractivity (Wildman–Crippen MR) is 67.9 cm³/mol. The molecule has 1 heterocycles. The molecule has 0 saturated heterocycles. The molecule has 0 fully saturated rings. The van der Waals surface area contributed by atoms with Crippen LogP contribution in [0, 0.1) is 0 Å². The molecule has 16 heavy (non-hydrogen) atoms. The van der Waals surface area contributed by atoms with Gasteiger partial charge in [-0.25, -0.2) is 4.79 Å². The van der Waals surface area contributed by atoms with E-state index in [0.717, 1.165) is 9.99 Å². The molecule has 3 nitrogen and oxygen atoms in total. The summed E-state index contributed by atoms with van der Waals surface area (Å²) < 4.78 is 7.51. The molecule has 2 rings (SSSR count). The molecule has 0 spiro atoms. The van der Waals surface area contributed by atoms with Crippen LogP contribution in [0.4, 0.5) is 0 Å². The standard InChI is InChI=1S/C12H14BrNO2/c1-12(2,3)7-5-8(13)10-9(6-7)14(4)11(15)16-10/h5-6H,1-4H3. The molecule has 86 valence electrons. The molecule has 2 aromatic rings. The number of aryl methyl sites for hydroxylation is 1. The molecule has 0 aliphatic carbocycles. The van der Waals surface area contributed by atoms with Crippen LogP contribution in [0.3, 0.4) is 0 Å². The molecule has 0 bridgehead atoms. The molecular formula is C12H14BrNO2. The van der Waals surface area contributed by atoms with Crippen molar-refractivity contribution in [2.24, 2.45) is 7.05 Å². The lowest BCUT2D eigenvalue weighted by Gasteiger charge is -2.19. The Bertz CT molecular complexity index is 602. The van der Waals surface area contributed by atoms with Crippen LogP contribution in [0.25, 0.3) is 11.1 Å². The number of aromatic nitrogens is 1. The summed E-state index contributed by atoms with van der Waals surface area (Å²) in [5.41, 5.74) is 2.65. The second-order valence-electron chi connectivity index (χ2n) is 4.98. The van der Waals surface area contributed by atoms with Gasteiger partial charge in [0.05, 0.1) is 9.99 Å². The van der Waals surface area contributed by atoms with Gasteiger partial charge in [-0.15, -0.1) is 0 Å². The molecular weight excluding hydrogens is 270 g/mol. The SMILES string of the molecule is Cn1c(=O)oc2c(Br)cc(C(C)(C)C)cc21. The minimum atomic E-state index is -0.332. The van der Waals surface area contributed by atoms with E-state index in [2.05, 4.69) is 36.7 Å². The van der Waals surface area contributed by atoms with Gasteiger partial charge in [0.15, 0.2) is 5.58 Å². The molecule has 0 atom stereocenters. The van der Waals surface area contributed by atoms with E-state index in [4.69, 9.17) is 4.42 Å². The van der Waals surface area contributed by atoms with Crippen LogP contribution in [0.1, 0.15) is 26.3 Å². The van der Waals surface area contributed by atoms with E-state index in [1.54, 1.807) is 7.05 Å². The highest BCUT2D eigenvalue weighted by Crippen LogP contribution is 2.31. The molecule has 0 N–H and O–H groups in total. The number of oxazole rings is 1. The van der Waals surface area contributed by atoms with Crippen molar-refractivity contribution >= 4 is 27.0 Å². The number of nitrogens with zero attached hydrogens (tertiary/aromatic N) is 1. The molecule has 1 aromatic heterocycles. The zero-order valence-corrected chi connectivity index (χ0v) is 11.4. The maximum atomic E-state index is 11.4. The Morgan fingerprint density at radius 1 is 1.31 bits per heavy atom. The maximum absolute atomic E-state index is 11.4. The third kappa shape index (κ3) is 1.71. The first kappa shape index (κ1) is 11.5. The van der Waals surface area contributed by atoms with Crippen LogP contribution in [0.15, 0.2) is 25.8 Å². The van der Waals surface area contributed by atoms with Crippen LogP contribution in [-0.4, -0.2) is 4.57 Å². The number of halogens is 1. The third-order valence-electron chi connectivity index (χ3n) is 2.71. The van der Waals surface area contributed by atoms with Gasteiger partial charge in [0.25, 0.3) is 0 Å². The van der Waals surface area contributed by atoms with Gasteiger partial charge in [-0.1, -0.05) is 20.8 Å². The van der Waals surface area contributed by atoms with E-state index in [-0.39, 0.29) is 11.2 Å². The first-order valence-corrected chi connectivity index (χ1v) is 5.89. The Morgan fingerprint density at radius 2 is 1.94 bits per heavy atom. The molecule has 4 heteroatoms. The zero-order chi connectivity index (χ0) is 12.1. The lowest BCUT2D eigenvalue weighted by molar-refractivity contribution is 0.527. The normalized spacial score (nSPS) is 12.3. The topological polar surface area (TPSA) is 35.1 Å². The van der Waals surface area contributed by atoms with Gasteiger partial charge in [0.1, 0.15) is 0 Å². The number of hydrogen-bond acceptors (Lipinski definition) is 2. The second kappa shape index (κ2) is 3.48. The lowest BCUT2D eigenvalue weighted by atomic mass is 9.87. The average molecular weight is 284 g/mol. The van der Waals surface area contributed by atoms with Crippen molar-refractivity contribution in [3.63, 3.8) is 0 Å². The third-order valence-corrected chi connectivity index (χ3v) is 3.30. The number of benzene rings is 1. The molecule has 0 aliphatic rings. The van der Waals surface area contributed by atoms with Crippen LogP contribution >= 0.6 is 15.9 Å². The van der Waals surface area contributed by atoms with Gasteiger partial charge < -0.3 is 4.42 Å². The van der Waals surface area contributed by atoms with Crippen molar-refractivity contribution in [3.05, 3.63) is 32.7 Å². The van der Waals surface area contributed by atoms with Crippen molar-refractivity contribution in [2.75, 3.05) is 0 Å². The highest BCUT2D eigenvalue weighted by molar-refractivity contribution is 9.10. The fraction of sp³-hybridized carbons (Fsp3) is 0.417. The monoisotopic (exact) mass is 283 g/mol. The highest BCUT2D eigenvalue weighted by Gasteiger charge is 2.18. The van der Waals surface area contributed by atoms with E-state index < -0.39 is 0 Å². The van der Waals surface area contributed by atoms with Gasteiger partial charge in [-0.2, -0.15) is 0 Å². The smallest absolute Gasteiger partial charge is 0.406 e. The Hall–Kier alpha value is -1.03. The second-order valence-corrected chi connectivity index (χ2v) is 5.84. The Balaban J connectivity index is 2.85. The van der Waals surface area contributed by atoms with Gasteiger partial charge in [-0.3, -0.25) is 4.57 Å². The quantitative estimate of drug-likeness (QED) is 0.744. The summed E-state index contributed by atoms with van der Waals surface area (Å²) in [6.07, 6.45) is 0. The molecule has 0 saturated carbocycles. The number of rotatable bonds is 0. The summed E-state index contributed by atoms with van der Waals surface area (Å²) in [6, 6.07) is 4.01. The Kier molecular flexibility index (Phi) is 2.49. The fourth-order valence-electron chi connectivity index (χ4n) is 1.62. The van der Waals surface area contributed by atoms with Gasteiger partial charge in [-0.05, 0) is 39.0 Å². The first-order chi connectivity index (χ1) is 7.30. The van der Waals surface area contributed by atoms with Gasteiger partial charge in [0, 0.05) is 7.05 Å². The van der Waals surface area contributed by atoms with Gasteiger partial charge in [0.2, 0.25) is 0 Å². The van der Waals surface area contributed by atoms with Crippen molar-refractivity contribution < 1.29 is 4.42 Å². The summed E-state index contributed by atoms with van der Waals surface area (Å²) in [6.45, 7) is 6.41. The van der Waals surface area contributed by atoms with E-state index in [1.807, 2.05) is 12.1 Å². The summed E-state index contributed by atoms with van der Waals surface area (Å²) in [7, 11) is 1.72. The summed E-state index contributed by atoms with van der Waals surface area (Å²) >= 11 is 3.44. The van der Waals surface area contributed by atoms with Crippen LogP contribution in [-0.2, 0) is 12.5 Å². The van der Waals surface area contributed by atoms with E-state index >= 15 is 0 Å². The summed E-state index contributed by atoms with van der Waals surface area (Å²) in [5.74, 6) is -0.332. The highest BCUT2D eigenvalue weighted by atomic mass is 79.9. The Morgan fingerprint density at radius 3 is 2.50 bits per heavy atom. The molecule has 0 unspecified atom stereocenters. The molecule has 1 aromatic carbocycles. The molecule has 0 aliphatic heterocycles.